The van der Waals surface area contributed by atoms with Crippen LogP contribution in [0.3, 0.4) is 0 Å². The first kappa shape index (κ1) is 21.9. The van der Waals surface area contributed by atoms with Gasteiger partial charge in [-0.3, -0.25) is 4.79 Å². The van der Waals surface area contributed by atoms with Gasteiger partial charge in [-0.1, -0.05) is 29.3 Å². The van der Waals surface area contributed by atoms with Crippen molar-refractivity contribution in [3.8, 4) is 5.75 Å². The molecular formula is C20H20Cl2FNO4S. The standard InChI is InChI=1S/C20H20Cl2FNO4S/c1-13(28-18-6-4-16(23)5-7-18)20(25)24(17-8-9-29(26,27)12-17)11-14-2-3-15(21)10-19(14)22/h2-7,10,13,17H,8-9,11-12H2,1H3. The number of hydrogen-bond acceptors (Lipinski definition) is 4. The molecule has 29 heavy (non-hydrogen) atoms. The summed E-state index contributed by atoms with van der Waals surface area (Å²) in [7, 11) is -3.20. The van der Waals surface area contributed by atoms with Crippen molar-refractivity contribution in [1.29, 1.82) is 0 Å². The summed E-state index contributed by atoms with van der Waals surface area (Å²) >= 11 is 12.2. The third kappa shape index (κ3) is 5.62. The minimum atomic E-state index is -3.20. The van der Waals surface area contributed by atoms with Crippen LogP contribution in [0.1, 0.15) is 18.9 Å². The second kappa shape index (κ2) is 8.90. The van der Waals surface area contributed by atoms with Gasteiger partial charge >= 0.3 is 0 Å². The number of halogens is 3. The molecule has 1 aliphatic heterocycles. The topological polar surface area (TPSA) is 63.7 Å². The molecule has 1 heterocycles. The third-order valence-electron chi connectivity index (χ3n) is 4.76. The summed E-state index contributed by atoms with van der Waals surface area (Å²) in [5.41, 5.74) is 0.655. The smallest absolute Gasteiger partial charge is 0.263 e. The predicted molar refractivity (Wildman–Crippen MR) is 111 cm³/mol. The summed E-state index contributed by atoms with van der Waals surface area (Å²) in [6.07, 6.45) is -0.544. The summed E-state index contributed by atoms with van der Waals surface area (Å²) < 4.78 is 42.7. The second-order valence-corrected chi connectivity index (χ2v) is 10.0. The highest BCUT2D eigenvalue weighted by atomic mass is 35.5. The molecule has 5 nitrogen and oxygen atoms in total. The summed E-state index contributed by atoms with van der Waals surface area (Å²) in [6, 6.07) is 9.81. The highest BCUT2D eigenvalue weighted by Gasteiger charge is 2.37. The molecule has 0 radical (unpaired) electrons. The molecule has 1 amide bonds. The Kier molecular flexibility index (Phi) is 6.71. The van der Waals surface area contributed by atoms with E-state index < -0.39 is 27.8 Å². The molecule has 0 N–H and O–H groups in total. The maximum Gasteiger partial charge on any atom is 0.263 e. The molecule has 3 rings (SSSR count). The minimum absolute atomic E-state index is 0.0308. The van der Waals surface area contributed by atoms with Crippen molar-refractivity contribution in [2.24, 2.45) is 0 Å². The van der Waals surface area contributed by atoms with E-state index in [1.165, 1.54) is 29.2 Å². The number of ether oxygens (including phenoxy) is 1. The van der Waals surface area contributed by atoms with E-state index in [4.69, 9.17) is 27.9 Å². The van der Waals surface area contributed by atoms with Crippen molar-refractivity contribution in [2.75, 3.05) is 11.5 Å². The summed E-state index contributed by atoms with van der Waals surface area (Å²) in [4.78, 5) is 14.7. The average Bonchev–Trinajstić information content (AvgIpc) is 3.02. The van der Waals surface area contributed by atoms with Crippen LogP contribution in [-0.4, -0.2) is 42.9 Å². The lowest BCUT2D eigenvalue weighted by molar-refractivity contribution is -0.140. The maximum atomic E-state index is 13.2. The predicted octanol–water partition coefficient (Wildman–Crippen LogP) is 4.12. The monoisotopic (exact) mass is 459 g/mol. The molecule has 1 saturated heterocycles. The van der Waals surface area contributed by atoms with Crippen LogP contribution in [0.5, 0.6) is 5.75 Å². The number of benzene rings is 2. The van der Waals surface area contributed by atoms with Crippen molar-refractivity contribution < 1.29 is 22.3 Å². The zero-order chi connectivity index (χ0) is 21.2. The molecule has 1 aliphatic rings. The van der Waals surface area contributed by atoms with Crippen LogP contribution in [0.2, 0.25) is 10.0 Å². The molecule has 156 valence electrons. The van der Waals surface area contributed by atoms with Crippen molar-refractivity contribution in [3.05, 3.63) is 63.9 Å². The number of nitrogens with zero attached hydrogens (tertiary/aromatic N) is 1. The SMILES string of the molecule is CC(Oc1ccc(F)cc1)C(=O)N(Cc1ccc(Cl)cc1Cl)C1CCS(=O)(=O)C1. The Hall–Kier alpha value is -1.83. The lowest BCUT2D eigenvalue weighted by Crippen LogP contribution is -2.46. The van der Waals surface area contributed by atoms with Gasteiger partial charge in [-0.2, -0.15) is 0 Å². The summed E-state index contributed by atoms with van der Waals surface area (Å²) in [5, 5.41) is 0.858. The number of carbonyl (C=O) groups is 1. The van der Waals surface area contributed by atoms with Crippen molar-refractivity contribution in [2.45, 2.75) is 32.0 Å². The van der Waals surface area contributed by atoms with Gasteiger partial charge in [0.25, 0.3) is 5.91 Å². The van der Waals surface area contributed by atoms with E-state index in [2.05, 4.69) is 0 Å². The highest BCUT2D eigenvalue weighted by molar-refractivity contribution is 7.91. The van der Waals surface area contributed by atoms with Gasteiger partial charge < -0.3 is 9.64 Å². The maximum absolute atomic E-state index is 13.2. The Bertz CT molecular complexity index is 998. The molecule has 2 atom stereocenters. The number of hydrogen-bond donors (Lipinski definition) is 0. The van der Waals surface area contributed by atoms with Gasteiger partial charge in [-0.05, 0) is 55.3 Å². The van der Waals surface area contributed by atoms with Gasteiger partial charge in [-0.15, -0.1) is 0 Å². The molecule has 0 spiro atoms. The fourth-order valence-electron chi connectivity index (χ4n) is 3.24. The van der Waals surface area contributed by atoms with Gasteiger partial charge in [0.2, 0.25) is 0 Å². The Balaban J connectivity index is 1.83. The minimum Gasteiger partial charge on any atom is -0.481 e. The van der Waals surface area contributed by atoms with Crippen LogP contribution in [0.15, 0.2) is 42.5 Å². The van der Waals surface area contributed by atoms with Crippen LogP contribution in [0.25, 0.3) is 0 Å². The molecule has 2 unspecified atom stereocenters. The molecular weight excluding hydrogens is 440 g/mol. The zero-order valence-corrected chi connectivity index (χ0v) is 18.0. The van der Waals surface area contributed by atoms with E-state index in [1.807, 2.05) is 0 Å². The van der Waals surface area contributed by atoms with Gasteiger partial charge in [0.05, 0.1) is 11.5 Å². The fourth-order valence-corrected chi connectivity index (χ4v) is 5.44. The Labute approximate surface area is 179 Å². The van der Waals surface area contributed by atoms with E-state index in [-0.39, 0.29) is 24.0 Å². The van der Waals surface area contributed by atoms with Gasteiger partial charge in [0, 0.05) is 22.6 Å². The Morgan fingerprint density at radius 1 is 1.24 bits per heavy atom. The van der Waals surface area contributed by atoms with Crippen LogP contribution in [0.4, 0.5) is 4.39 Å². The number of rotatable bonds is 6. The van der Waals surface area contributed by atoms with E-state index in [0.29, 0.717) is 27.8 Å². The molecule has 9 heteroatoms. The number of sulfone groups is 1. The molecule has 0 aromatic heterocycles. The van der Waals surface area contributed by atoms with E-state index in [9.17, 15) is 17.6 Å². The van der Waals surface area contributed by atoms with E-state index in [1.54, 1.807) is 25.1 Å². The Morgan fingerprint density at radius 3 is 2.52 bits per heavy atom. The Morgan fingerprint density at radius 2 is 1.93 bits per heavy atom. The first-order valence-corrected chi connectivity index (χ1v) is 11.6. The van der Waals surface area contributed by atoms with Crippen molar-refractivity contribution >= 4 is 38.9 Å². The molecule has 1 fully saturated rings. The number of carbonyl (C=O) groups excluding carboxylic acids is 1. The molecule has 2 aromatic rings. The van der Waals surface area contributed by atoms with Crippen LogP contribution >= 0.6 is 23.2 Å². The molecule has 2 aromatic carbocycles. The first-order chi connectivity index (χ1) is 13.6. The van der Waals surface area contributed by atoms with Crippen molar-refractivity contribution in [1.82, 2.24) is 4.90 Å². The highest BCUT2D eigenvalue weighted by Crippen LogP contribution is 2.27. The molecule has 0 bridgehead atoms. The summed E-state index contributed by atoms with van der Waals surface area (Å²) in [5.74, 6) is -0.513. The quantitative estimate of drug-likeness (QED) is 0.651. The lowest BCUT2D eigenvalue weighted by atomic mass is 10.1. The van der Waals surface area contributed by atoms with Gasteiger partial charge in [0.1, 0.15) is 11.6 Å². The summed E-state index contributed by atoms with van der Waals surface area (Å²) in [6.45, 7) is 1.71. The van der Waals surface area contributed by atoms with Crippen LogP contribution in [-0.2, 0) is 21.2 Å². The number of amides is 1. The third-order valence-corrected chi connectivity index (χ3v) is 7.10. The average molecular weight is 460 g/mol. The van der Waals surface area contributed by atoms with E-state index >= 15 is 0 Å². The molecule has 0 saturated carbocycles. The second-order valence-electron chi connectivity index (χ2n) is 6.97. The zero-order valence-electron chi connectivity index (χ0n) is 15.6. The first-order valence-electron chi connectivity index (χ1n) is 9.02. The van der Waals surface area contributed by atoms with Gasteiger partial charge in [0.15, 0.2) is 15.9 Å². The molecule has 0 aliphatic carbocycles. The lowest BCUT2D eigenvalue weighted by Gasteiger charge is -2.31. The fraction of sp³-hybridized carbons (Fsp3) is 0.350. The van der Waals surface area contributed by atoms with Crippen LogP contribution in [0, 0.1) is 5.82 Å². The largest absolute Gasteiger partial charge is 0.481 e. The van der Waals surface area contributed by atoms with Gasteiger partial charge in [-0.25, -0.2) is 12.8 Å². The van der Waals surface area contributed by atoms with E-state index in [0.717, 1.165) is 0 Å². The van der Waals surface area contributed by atoms with Crippen molar-refractivity contribution in [3.63, 3.8) is 0 Å². The van der Waals surface area contributed by atoms with Crippen LogP contribution < -0.4 is 4.74 Å². The normalized spacial score (nSPS) is 19.0.